The van der Waals surface area contributed by atoms with E-state index in [0.29, 0.717) is 11.4 Å². The van der Waals surface area contributed by atoms with E-state index >= 15 is 0 Å². The van der Waals surface area contributed by atoms with Crippen LogP contribution in [0.2, 0.25) is 0 Å². The van der Waals surface area contributed by atoms with Crippen LogP contribution < -0.4 is 5.73 Å². The quantitative estimate of drug-likeness (QED) is 0.508. The Morgan fingerprint density at radius 2 is 1.96 bits per heavy atom. The summed E-state index contributed by atoms with van der Waals surface area (Å²) in [6, 6.07) is 9.69. The SMILES string of the molecule is CCCCCc1cc(/C=C/C(C)c2ccc(C(=O)OC)cc2)c(C)nc1N. The van der Waals surface area contributed by atoms with E-state index in [-0.39, 0.29) is 11.9 Å². The number of pyridine rings is 1. The Bertz CT molecular complexity index is 795. The number of hydrogen-bond acceptors (Lipinski definition) is 4. The number of aromatic nitrogens is 1. The zero-order valence-corrected chi connectivity index (χ0v) is 16.8. The van der Waals surface area contributed by atoms with Crippen molar-refractivity contribution >= 4 is 17.9 Å². The Balaban J connectivity index is 2.13. The molecule has 0 saturated heterocycles. The Morgan fingerprint density at radius 3 is 2.59 bits per heavy atom. The lowest BCUT2D eigenvalue weighted by Crippen LogP contribution is -2.02. The van der Waals surface area contributed by atoms with Gasteiger partial charge in [-0.05, 0) is 60.6 Å². The minimum Gasteiger partial charge on any atom is -0.465 e. The van der Waals surface area contributed by atoms with Crippen LogP contribution in [0.15, 0.2) is 36.4 Å². The number of hydrogen-bond donors (Lipinski definition) is 1. The number of methoxy groups -OCH3 is 1. The topological polar surface area (TPSA) is 65.2 Å². The molecule has 27 heavy (non-hydrogen) atoms. The number of anilines is 1. The third kappa shape index (κ3) is 5.68. The van der Waals surface area contributed by atoms with Gasteiger partial charge < -0.3 is 10.5 Å². The van der Waals surface area contributed by atoms with Crippen molar-refractivity contribution in [1.82, 2.24) is 4.98 Å². The van der Waals surface area contributed by atoms with Crippen LogP contribution in [0.1, 0.15) is 71.8 Å². The molecule has 0 amide bonds. The molecule has 0 fully saturated rings. The number of nitrogens with zero attached hydrogens (tertiary/aromatic N) is 1. The van der Waals surface area contributed by atoms with Gasteiger partial charge in [0.05, 0.1) is 12.7 Å². The molecule has 0 aliphatic rings. The highest BCUT2D eigenvalue weighted by Gasteiger charge is 2.08. The summed E-state index contributed by atoms with van der Waals surface area (Å²) in [5, 5.41) is 0. The van der Waals surface area contributed by atoms with Gasteiger partial charge in [0.1, 0.15) is 5.82 Å². The zero-order chi connectivity index (χ0) is 19.8. The van der Waals surface area contributed by atoms with Crippen LogP contribution in [0.5, 0.6) is 0 Å². The molecule has 1 heterocycles. The maximum absolute atomic E-state index is 11.5. The van der Waals surface area contributed by atoms with E-state index in [0.717, 1.165) is 35.2 Å². The second-order valence-electron chi connectivity index (χ2n) is 6.93. The van der Waals surface area contributed by atoms with Gasteiger partial charge in [-0.1, -0.05) is 51.0 Å². The highest BCUT2D eigenvalue weighted by Crippen LogP contribution is 2.22. The van der Waals surface area contributed by atoms with Crippen LogP contribution >= 0.6 is 0 Å². The minimum atomic E-state index is -0.316. The Morgan fingerprint density at radius 1 is 1.26 bits per heavy atom. The van der Waals surface area contributed by atoms with Gasteiger partial charge in [0.2, 0.25) is 0 Å². The number of carbonyl (C=O) groups excluding carboxylic acids is 1. The standard InChI is InChI=1S/C23H30N2O2/c1-5-6-7-8-21-15-20(17(3)25-22(21)24)10-9-16(2)18-11-13-19(14-12-18)23(26)27-4/h9-16H,5-8H2,1-4H3,(H2,24,25)/b10-9+. The number of aryl methyl sites for hydroxylation is 2. The molecule has 1 atom stereocenters. The number of unbranched alkanes of at least 4 members (excludes halogenated alkanes) is 2. The fraction of sp³-hybridized carbons (Fsp3) is 0.391. The summed E-state index contributed by atoms with van der Waals surface area (Å²) >= 11 is 0. The van der Waals surface area contributed by atoms with Gasteiger partial charge in [-0.2, -0.15) is 0 Å². The van der Waals surface area contributed by atoms with E-state index < -0.39 is 0 Å². The van der Waals surface area contributed by atoms with Crippen LogP contribution in [0.4, 0.5) is 5.82 Å². The average Bonchev–Trinajstić information content (AvgIpc) is 2.68. The van der Waals surface area contributed by atoms with Crippen molar-refractivity contribution in [2.75, 3.05) is 12.8 Å². The Hall–Kier alpha value is -2.62. The summed E-state index contributed by atoms with van der Waals surface area (Å²) in [6.07, 6.45) is 8.78. The summed E-state index contributed by atoms with van der Waals surface area (Å²) in [4.78, 5) is 16.1. The predicted molar refractivity (Wildman–Crippen MR) is 112 cm³/mol. The molecule has 0 radical (unpaired) electrons. The van der Waals surface area contributed by atoms with Crippen LogP contribution in [0.3, 0.4) is 0 Å². The van der Waals surface area contributed by atoms with Crippen molar-refractivity contribution in [3.63, 3.8) is 0 Å². The number of benzene rings is 1. The number of rotatable bonds is 8. The molecule has 0 bridgehead atoms. The molecule has 0 saturated carbocycles. The molecule has 1 aromatic heterocycles. The largest absolute Gasteiger partial charge is 0.465 e. The Labute approximate surface area is 162 Å². The van der Waals surface area contributed by atoms with Crippen LogP contribution in [0, 0.1) is 6.92 Å². The highest BCUT2D eigenvalue weighted by atomic mass is 16.5. The predicted octanol–water partition coefficient (Wildman–Crippen LogP) is 5.31. The van der Waals surface area contributed by atoms with Crippen molar-refractivity contribution in [1.29, 1.82) is 0 Å². The third-order valence-corrected chi connectivity index (χ3v) is 4.84. The summed E-state index contributed by atoms with van der Waals surface area (Å²) in [7, 11) is 1.39. The number of carbonyl (C=O) groups is 1. The molecule has 1 aromatic carbocycles. The first kappa shape index (κ1) is 20.7. The fourth-order valence-electron chi connectivity index (χ4n) is 3.02. The van der Waals surface area contributed by atoms with Crippen molar-refractivity contribution in [3.05, 3.63) is 64.4 Å². The monoisotopic (exact) mass is 366 g/mol. The smallest absolute Gasteiger partial charge is 0.337 e. The summed E-state index contributed by atoms with van der Waals surface area (Å²) < 4.78 is 4.74. The van der Waals surface area contributed by atoms with Gasteiger partial charge in [-0.3, -0.25) is 0 Å². The van der Waals surface area contributed by atoms with E-state index in [9.17, 15) is 4.79 Å². The number of nitrogens with two attached hydrogens (primary N) is 1. The van der Waals surface area contributed by atoms with E-state index in [1.54, 1.807) is 12.1 Å². The van der Waals surface area contributed by atoms with E-state index in [4.69, 9.17) is 10.5 Å². The van der Waals surface area contributed by atoms with Gasteiger partial charge in [0.25, 0.3) is 0 Å². The first-order chi connectivity index (χ1) is 13.0. The van der Waals surface area contributed by atoms with Crippen molar-refractivity contribution < 1.29 is 9.53 Å². The lowest BCUT2D eigenvalue weighted by atomic mass is 9.97. The fourth-order valence-corrected chi connectivity index (χ4v) is 3.02. The number of esters is 1. The molecular formula is C23H30N2O2. The third-order valence-electron chi connectivity index (χ3n) is 4.84. The first-order valence-electron chi connectivity index (χ1n) is 9.58. The van der Waals surface area contributed by atoms with Crippen LogP contribution in [0.25, 0.3) is 6.08 Å². The molecule has 2 rings (SSSR count). The summed E-state index contributed by atoms with van der Waals surface area (Å²) in [6.45, 7) is 6.32. The maximum Gasteiger partial charge on any atom is 0.337 e. The second kappa shape index (κ2) is 9.91. The average molecular weight is 367 g/mol. The summed E-state index contributed by atoms with van der Waals surface area (Å²) in [5.74, 6) is 0.549. The van der Waals surface area contributed by atoms with Gasteiger partial charge in [-0.25, -0.2) is 9.78 Å². The van der Waals surface area contributed by atoms with Crippen LogP contribution in [-0.2, 0) is 11.2 Å². The molecule has 144 valence electrons. The molecule has 1 unspecified atom stereocenters. The summed E-state index contributed by atoms with van der Waals surface area (Å²) in [5.41, 5.74) is 11.0. The normalized spacial score (nSPS) is 12.3. The molecule has 2 N–H and O–H groups in total. The molecule has 4 heteroatoms. The van der Waals surface area contributed by atoms with Gasteiger partial charge >= 0.3 is 5.97 Å². The van der Waals surface area contributed by atoms with E-state index in [1.807, 2.05) is 19.1 Å². The van der Waals surface area contributed by atoms with Gasteiger partial charge in [0, 0.05) is 5.69 Å². The van der Waals surface area contributed by atoms with Crippen molar-refractivity contribution in [2.24, 2.45) is 0 Å². The molecule has 4 nitrogen and oxygen atoms in total. The highest BCUT2D eigenvalue weighted by molar-refractivity contribution is 5.89. The number of allylic oxidation sites excluding steroid dienone is 1. The first-order valence-corrected chi connectivity index (χ1v) is 9.58. The van der Waals surface area contributed by atoms with E-state index in [1.165, 1.54) is 20.0 Å². The minimum absolute atomic E-state index is 0.220. The van der Waals surface area contributed by atoms with Crippen molar-refractivity contribution in [3.8, 4) is 0 Å². The molecule has 0 spiro atoms. The molecule has 0 aliphatic heterocycles. The van der Waals surface area contributed by atoms with Crippen molar-refractivity contribution in [2.45, 2.75) is 52.4 Å². The molecular weight excluding hydrogens is 336 g/mol. The zero-order valence-electron chi connectivity index (χ0n) is 16.8. The molecule has 0 aliphatic carbocycles. The second-order valence-corrected chi connectivity index (χ2v) is 6.93. The maximum atomic E-state index is 11.5. The molecule has 2 aromatic rings. The van der Waals surface area contributed by atoms with E-state index in [2.05, 4.69) is 37.0 Å². The van der Waals surface area contributed by atoms with Crippen LogP contribution in [-0.4, -0.2) is 18.1 Å². The lowest BCUT2D eigenvalue weighted by Gasteiger charge is -2.10. The lowest BCUT2D eigenvalue weighted by molar-refractivity contribution is 0.0600. The number of nitrogen functional groups attached to an aromatic ring is 1. The van der Waals surface area contributed by atoms with Gasteiger partial charge in [-0.15, -0.1) is 0 Å². The number of ether oxygens (including phenoxy) is 1. The van der Waals surface area contributed by atoms with Gasteiger partial charge in [0.15, 0.2) is 0 Å². The Kier molecular flexibility index (Phi) is 7.59.